The minimum Gasteiger partial charge on any atom is -0.476 e. The van der Waals surface area contributed by atoms with Crippen molar-refractivity contribution in [2.75, 3.05) is 0 Å². The molecule has 0 spiro atoms. The second-order valence-corrected chi connectivity index (χ2v) is 4.60. The van der Waals surface area contributed by atoms with Crippen molar-refractivity contribution >= 4 is 5.97 Å². The van der Waals surface area contributed by atoms with Crippen LogP contribution in [0.4, 0.5) is 0 Å². The monoisotopic (exact) mass is 305 g/mol. The molecular weight excluding hydrogens is 294 g/mol. The maximum absolute atomic E-state index is 11.2. The van der Waals surface area contributed by atoms with Crippen LogP contribution in [0, 0.1) is 12.3 Å². The van der Waals surface area contributed by atoms with E-state index in [1.54, 1.807) is 18.2 Å². The van der Waals surface area contributed by atoms with E-state index in [1.165, 1.54) is 0 Å². The van der Waals surface area contributed by atoms with Crippen molar-refractivity contribution < 1.29 is 19.1 Å². The Morgan fingerprint density at radius 2 is 1.96 bits per heavy atom. The van der Waals surface area contributed by atoms with Gasteiger partial charge in [-0.3, -0.25) is 0 Å². The Hall–Kier alpha value is -3.52. The van der Waals surface area contributed by atoms with Crippen molar-refractivity contribution in [1.29, 1.82) is 0 Å². The molecule has 1 N–H and O–H groups in total. The van der Waals surface area contributed by atoms with Crippen LogP contribution >= 0.6 is 0 Å². The Labute approximate surface area is 132 Å². The van der Waals surface area contributed by atoms with Crippen molar-refractivity contribution in [2.24, 2.45) is 0 Å². The van der Waals surface area contributed by atoms with E-state index in [0.29, 0.717) is 22.6 Å². The molecule has 0 radical (unpaired) electrons. The number of carboxylic acid groups (broad SMARTS) is 1. The highest BCUT2D eigenvalue weighted by Crippen LogP contribution is 2.31. The van der Waals surface area contributed by atoms with Crippen LogP contribution in [-0.2, 0) is 0 Å². The highest BCUT2D eigenvalue weighted by atomic mass is 16.5. The molecule has 112 valence electrons. The molecule has 23 heavy (non-hydrogen) atoms. The zero-order valence-electron chi connectivity index (χ0n) is 11.9. The Morgan fingerprint density at radius 1 is 1.17 bits per heavy atom. The van der Waals surface area contributed by atoms with Gasteiger partial charge in [0.2, 0.25) is 0 Å². The van der Waals surface area contributed by atoms with Gasteiger partial charge in [-0.1, -0.05) is 24.1 Å². The number of carboxylic acids is 1. The van der Waals surface area contributed by atoms with Gasteiger partial charge in [-0.2, -0.15) is 0 Å². The molecule has 0 atom stereocenters. The molecule has 2 aromatic carbocycles. The van der Waals surface area contributed by atoms with E-state index in [4.69, 9.17) is 20.7 Å². The fourth-order valence-electron chi connectivity index (χ4n) is 2.12. The SMILES string of the molecule is C#Cc1cc(Oc2ccccc2)ccc1-c1ocnc1C(=O)O. The lowest BCUT2D eigenvalue weighted by molar-refractivity contribution is 0.0691. The Balaban J connectivity index is 1.99. The van der Waals surface area contributed by atoms with Crippen LogP contribution in [-0.4, -0.2) is 16.1 Å². The van der Waals surface area contributed by atoms with E-state index in [9.17, 15) is 4.79 Å². The number of benzene rings is 2. The largest absolute Gasteiger partial charge is 0.476 e. The predicted octanol–water partition coefficient (Wildman–Crippen LogP) is 3.81. The second-order valence-electron chi connectivity index (χ2n) is 4.60. The molecule has 1 aromatic heterocycles. The summed E-state index contributed by atoms with van der Waals surface area (Å²) in [6.07, 6.45) is 6.61. The number of aromatic carboxylic acids is 1. The summed E-state index contributed by atoms with van der Waals surface area (Å²) >= 11 is 0. The van der Waals surface area contributed by atoms with Gasteiger partial charge in [0.25, 0.3) is 0 Å². The number of rotatable bonds is 4. The second kappa shape index (κ2) is 6.08. The van der Waals surface area contributed by atoms with E-state index >= 15 is 0 Å². The van der Waals surface area contributed by atoms with E-state index in [1.807, 2.05) is 30.3 Å². The average Bonchev–Trinajstić information content (AvgIpc) is 3.05. The molecule has 0 saturated carbocycles. The van der Waals surface area contributed by atoms with Crippen molar-refractivity contribution in [2.45, 2.75) is 0 Å². The third kappa shape index (κ3) is 2.92. The minimum absolute atomic E-state index is 0.122. The van der Waals surface area contributed by atoms with Gasteiger partial charge in [0.05, 0.1) is 0 Å². The number of aromatic nitrogens is 1. The fourth-order valence-corrected chi connectivity index (χ4v) is 2.12. The highest BCUT2D eigenvalue weighted by molar-refractivity contribution is 5.93. The smallest absolute Gasteiger partial charge is 0.358 e. The van der Waals surface area contributed by atoms with Gasteiger partial charge in [0.15, 0.2) is 17.8 Å². The normalized spacial score (nSPS) is 10.0. The molecule has 0 unspecified atom stereocenters. The van der Waals surface area contributed by atoms with Crippen LogP contribution in [0.2, 0.25) is 0 Å². The van der Waals surface area contributed by atoms with Gasteiger partial charge in [0.1, 0.15) is 11.5 Å². The topological polar surface area (TPSA) is 72.6 Å². The van der Waals surface area contributed by atoms with Gasteiger partial charge in [-0.15, -0.1) is 6.42 Å². The summed E-state index contributed by atoms with van der Waals surface area (Å²) < 4.78 is 10.9. The molecule has 0 saturated heterocycles. The number of hydrogen-bond donors (Lipinski definition) is 1. The van der Waals surface area contributed by atoms with Crippen LogP contribution < -0.4 is 4.74 Å². The molecule has 3 aromatic rings. The molecule has 0 aliphatic heterocycles. The maximum atomic E-state index is 11.2. The zero-order chi connectivity index (χ0) is 16.2. The molecule has 0 aliphatic carbocycles. The average molecular weight is 305 g/mol. The van der Waals surface area contributed by atoms with E-state index < -0.39 is 5.97 Å². The van der Waals surface area contributed by atoms with Crippen molar-refractivity contribution in [3.05, 3.63) is 66.2 Å². The highest BCUT2D eigenvalue weighted by Gasteiger charge is 2.19. The summed E-state index contributed by atoms with van der Waals surface area (Å²) in [4.78, 5) is 14.9. The lowest BCUT2D eigenvalue weighted by Gasteiger charge is -2.08. The number of ether oxygens (including phenoxy) is 1. The van der Waals surface area contributed by atoms with E-state index in [-0.39, 0.29) is 11.5 Å². The first-order valence-corrected chi connectivity index (χ1v) is 6.70. The predicted molar refractivity (Wildman–Crippen MR) is 83.3 cm³/mol. The Kier molecular flexibility index (Phi) is 3.81. The van der Waals surface area contributed by atoms with Crippen LogP contribution in [0.5, 0.6) is 11.5 Å². The summed E-state index contributed by atoms with van der Waals surface area (Å²) in [5, 5.41) is 9.13. The van der Waals surface area contributed by atoms with Crippen molar-refractivity contribution in [1.82, 2.24) is 4.98 Å². The van der Waals surface area contributed by atoms with Crippen molar-refractivity contribution in [3.8, 4) is 35.2 Å². The summed E-state index contributed by atoms with van der Waals surface area (Å²) in [6.45, 7) is 0. The summed E-state index contributed by atoms with van der Waals surface area (Å²) in [5.41, 5.74) is 0.749. The number of carbonyl (C=O) groups is 1. The number of terminal acetylenes is 1. The molecule has 5 heteroatoms. The standard InChI is InChI=1S/C18H11NO4/c1-2-12-10-14(23-13-6-4-3-5-7-13)8-9-15(12)17-16(18(20)21)19-11-22-17/h1,3-11H,(H,20,21). The van der Waals surface area contributed by atoms with Gasteiger partial charge >= 0.3 is 5.97 Å². The summed E-state index contributed by atoms with van der Waals surface area (Å²) in [5.74, 6) is 2.68. The van der Waals surface area contributed by atoms with Crippen LogP contribution in [0.1, 0.15) is 16.1 Å². The van der Waals surface area contributed by atoms with Crippen LogP contribution in [0.25, 0.3) is 11.3 Å². The number of para-hydroxylation sites is 1. The first kappa shape index (κ1) is 14.4. The zero-order valence-corrected chi connectivity index (χ0v) is 11.9. The summed E-state index contributed by atoms with van der Waals surface area (Å²) in [7, 11) is 0. The molecule has 0 bridgehead atoms. The summed E-state index contributed by atoms with van der Waals surface area (Å²) in [6, 6.07) is 14.2. The minimum atomic E-state index is -1.18. The Bertz CT molecular complexity index is 891. The Morgan fingerprint density at radius 3 is 2.65 bits per heavy atom. The van der Waals surface area contributed by atoms with Crippen molar-refractivity contribution in [3.63, 3.8) is 0 Å². The van der Waals surface area contributed by atoms with Crippen LogP contribution in [0.3, 0.4) is 0 Å². The van der Waals surface area contributed by atoms with Gasteiger partial charge in [-0.05, 0) is 30.3 Å². The molecule has 0 fully saturated rings. The lowest BCUT2D eigenvalue weighted by atomic mass is 10.0. The van der Waals surface area contributed by atoms with Crippen LogP contribution in [0.15, 0.2) is 59.3 Å². The van der Waals surface area contributed by atoms with Gasteiger partial charge in [-0.25, -0.2) is 9.78 Å². The first-order valence-electron chi connectivity index (χ1n) is 6.70. The number of oxazole rings is 1. The third-order valence-electron chi connectivity index (χ3n) is 3.14. The van der Waals surface area contributed by atoms with E-state index in [0.717, 1.165) is 6.39 Å². The number of nitrogens with zero attached hydrogens (tertiary/aromatic N) is 1. The maximum Gasteiger partial charge on any atom is 0.358 e. The van der Waals surface area contributed by atoms with E-state index in [2.05, 4.69) is 10.9 Å². The van der Waals surface area contributed by atoms with Gasteiger partial charge < -0.3 is 14.3 Å². The third-order valence-corrected chi connectivity index (χ3v) is 3.14. The first-order chi connectivity index (χ1) is 11.2. The number of hydrogen-bond acceptors (Lipinski definition) is 4. The quantitative estimate of drug-likeness (QED) is 0.742. The van der Waals surface area contributed by atoms with Gasteiger partial charge in [0, 0.05) is 11.1 Å². The molecule has 0 aliphatic rings. The molecule has 1 heterocycles. The molecule has 3 rings (SSSR count). The molecule has 5 nitrogen and oxygen atoms in total. The fraction of sp³-hybridized carbons (Fsp3) is 0. The lowest BCUT2D eigenvalue weighted by Crippen LogP contribution is -1.99. The molecular formula is C18H11NO4. The molecule has 0 amide bonds.